The van der Waals surface area contributed by atoms with Crippen molar-refractivity contribution in [3.05, 3.63) is 0 Å². The van der Waals surface area contributed by atoms with E-state index in [2.05, 4.69) is 6.92 Å². The van der Waals surface area contributed by atoms with Crippen LogP contribution in [0.2, 0.25) is 0 Å². The number of hydrogen-bond donors (Lipinski definition) is 0. The summed E-state index contributed by atoms with van der Waals surface area (Å²) in [5, 5.41) is -0.369. The number of hydrogen-bond acceptors (Lipinski definition) is 3. The summed E-state index contributed by atoms with van der Waals surface area (Å²) in [4.78, 5) is 11.7. The Balaban J connectivity index is 2.16. The highest BCUT2D eigenvalue weighted by molar-refractivity contribution is 7.92. The Morgan fingerprint density at radius 1 is 1.47 bits per heavy atom. The average Bonchev–Trinajstić information content (AvgIpc) is 2.67. The highest BCUT2D eigenvalue weighted by Gasteiger charge is 2.63. The van der Waals surface area contributed by atoms with Crippen LogP contribution >= 0.6 is 0 Å². The van der Waals surface area contributed by atoms with Crippen LogP contribution in [0.4, 0.5) is 0 Å². The molecule has 4 heteroatoms. The molecule has 0 radical (unpaired) electrons. The van der Waals surface area contributed by atoms with Crippen molar-refractivity contribution in [1.82, 2.24) is 0 Å². The topological polar surface area (TPSA) is 51.2 Å². The van der Waals surface area contributed by atoms with Crippen LogP contribution in [0.15, 0.2) is 0 Å². The second-order valence-corrected chi connectivity index (χ2v) is 8.11. The molecular formula is C11H18O3S. The number of Topliss-reactive ketones (excluding diaryl/α,β-unsaturated/α-hetero) is 1. The molecule has 0 N–H and O–H groups in total. The lowest BCUT2D eigenvalue weighted by atomic mass is 9.93. The Hall–Kier alpha value is -0.380. The van der Waals surface area contributed by atoms with E-state index in [1.54, 1.807) is 13.8 Å². The monoisotopic (exact) mass is 230 g/mol. The Kier molecular flexibility index (Phi) is 2.27. The summed E-state index contributed by atoms with van der Waals surface area (Å²) >= 11 is 0. The molecular weight excluding hydrogens is 212 g/mol. The summed E-state index contributed by atoms with van der Waals surface area (Å²) < 4.78 is 23.6. The van der Waals surface area contributed by atoms with Crippen LogP contribution in [-0.2, 0) is 14.6 Å². The van der Waals surface area contributed by atoms with Crippen molar-refractivity contribution in [1.29, 1.82) is 0 Å². The molecule has 3 atom stereocenters. The van der Waals surface area contributed by atoms with E-state index in [0.29, 0.717) is 12.3 Å². The maximum Gasteiger partial charge on any atom is 0.153 e. The predicted octanol–water partition coefficient (Wildman–Crippen LogP) is 1.42. The van der Waals surface area contributed by atoms with Crippen LogP contribution < -0.4 is 0 Å². The molecule has 2 saturated carbocycles. The van der Waals surface area contributed by atoms with Crippen LogP contribution in [0, 0.1) is 17.3 Å². The molecule has 0 heterocycles. The van der Waals surface area contributed by atoms with Gasteiger partial charge in [-0.3, -0.25) is 4.79 Å². The predicted molar refractivity (Wildman–Crippen MR) is 58.3 cm³/mol. The second-order valence-electron chi connectivity index (χ2n) is 5.51. The number of ketones is 1. The smallest absolute Gasteiger partial charge is 0.153 e. The van der Waals surface area contributed by atoms with Gasteiger partial charge in [-0.1, -0.05) is 6.92 Å². The number of sulfone groups is 1. The molecule has 2 aliphatic rings. The third-order valence-corrected chi connectivity index (χ3v) is 6.44. The number of carbonyl (C=O) groups excluding carboxylic acids is 1. The van der Waals surface area contributed by atoms with E-state index in [9.17, 15) is 13.2 Å². The molecule has 0 aromatic carbocycles. The van der Waals surface area contributed by atoms with E-state index in [4.69, 9.17) is 0 Å². The van der Waals surface area contributed by atoms with E-state index in [1.165, 1.54) is 0 Å². The van der Waals surface area contributed by atoms with Gasteiger partial charge in [0.15, 0.2) is 9.84 Å². The first kappa shape index (κ1) is 11.1. The van der Waals surface area contributed by atoms with Gasteiger partial charge in [0.1, 0.15) is 5.78 Å². The van der Waals surface area contributed by atoms with Crippen LogP contribution in [0.25, 0.3) is 0 Å². The van der Waals surface area contributed by atoms with Crippen LogP contribution in [0.3, 0.4) is 0 Å². The van der Waals surface area contributed by atoms with Gasteiger partial charge in [-0.25, -0.2) is 8.42 Å². The van der Waals surface area contributed by atoms with Crippen LogP contribution in [0.1, 0.15) is 33.6 Å². The average molecular weight is 230 g/mol. The molecule has 86 valence electrons. The number of rotatable bonds is 3. The van der Waals surface area contributed by atoms with E-state index < -0.39 is 9.84 Å². The zero-order valence-corrected chi connectivity index (χ0v) is 10.3. The molecule has 0 aliphatic heterocycles. The van der Waals surface area contributed by atoms with Gasteiger partial charge in [0, 0.05) is 12.3 Å². The van der Waals surface area contributed by atoms with Crippen molar-refractivity contribution < 1.29 is 13.2 Å². The fourth-order valence-electron chi connectivity index (χ4n) is 2.67. The van der Waals surface area contributed by atoms with E-state index in [0.717, 1.165) is 6.42 Å². The van der Waals surface area contributed by atoms with Gasteiger partial charge in [-0.15, -0.1) is 0 Å². The van der Waals surface area contributed by atoms with Crippen molar-refractivity contribution in [2.75, 3.05) is 5.75 Å². The van der Waals surface area contributed by atoms with E-state index in [-0.39, 0.29) is 28.1 Å². The molecule has 0 aromatic rings. The van der Waals surface area contributed by atoms with E-state index >= 15 is 0 Å². The first-order valence-corrected chi connectivity index (χ1v) is 7.23. The van der Waals surface area contributed by atoms with Crippen molar-refractivity contribution in [3.8, 4) is 0 Å². The lowest BCUT2D eigenvalue weighted by Crippen LogP contribution is -2.30. The normalized spacial score (nSPS) is 39.6. The van der Waals surface area contributed by atoms with Gasteiger partial charge >= 0.3 is 0 Å². The summed E-state index contributed by atoms with van der Waals surface area (Å²) in [5.41, 5.74) is 0.0129. The minimum Gasteiger partial charge on any atom is -0.299 e. The highest BCUT2D eigenvalue weighted by atomic mass is 32.2. The number of carbonyl (C=O) groups is 1. The maximum atomic E-state index is 11.8. The third kappa shape index (κ3) is 1.63. The summed E-state index contributed by atoms with van der Waals surface area (Å²) in [6.07, 6.45) is 1.64. The molecule has 0 bridgehead atoms. The zero-order valence-electron chi connectivity index (χ0n) is 9.49. The summed E-state index contributed by atoms with van der Waals surface area (Å²) in [6, 6.07) is 0. The summed E-state index contributed by atoms with van der Waals surface area (Å²) in [6.45, 7) is 5.42. The van der Waals surface area contributed by atoms with Crippen LogP contribution in [-0.4, -0.2) is 25.2 Å². The Bertz CT molecular complexity index is 396. The fourth-order valence-corrected chi connectivity index (χ4v) is 4.08. The Morgan fingerprint density at radius 3 is 2.47 bits per heavy atom. The molecule has 0 spiro atoms. The van der Waals surface area contributed by atoms with Crippen molar-refractivity contribution in [3.63, 3.8) is 0 Å². The Morgan fingerprint density at radius 2 is 2.07 bits per heavy atom. The molecule has 2 fully saturated rings. The first-order chi connectivity index (χ1) is 6.77. The van der Waals surface area contributed by atoms with Crippen molar-refractivity contribution in [2.24, 2.45) is 17.3 Å². The molecule has 1 unspecified atom stereocenters. The molecule has 0 saturated heterocycles. The minimum atomic E-state index is -3.08. The number of fused-ring (bicyclic) bond motifs is 1. The van der Waals surface area contributed by atoms with Gasteiger partial charge in [0.2, 0.25) is 0 Å². The standard InChI is InChI=1S/C11H18O3S/c1-7(2)15(13,14)6-9-10(12)4-8-5-11(8,9)3/h7-9H,4-6H2,1-3H3/t8-,9-,11?/m1/s1. The maximum absolute atomic E-state index is 11.8. The van der Waals surface area contributed by atoms with Crippen LogP contribution in [0.5, 0.6) is 0 Å². The fraction of sp³-hybridized carbons (Fsp3) is 0.909. The molecule has 0 amide bonds. The first-order valence-electron chi connectivity index (χ1n) is 5.51. The van der Waals surface area contributed by atoms with Gasteiger partial charge in [0.25, 0.3) is 0 Å². The Labute approximate surface area is 91.2 Å². The minimum absolute atomic E-state index is 0.0129. The van der Waals surface area contributed by atoms with E-state index in [1.807, 2.05) is 0 Å². The molecule has 3 nitrogen and oxygen atoms in total. The molecule has 15 heavy (non-hydrogen) atoms. The van der Waals surface area contributed by atoms with Gasteiger partial charge in [-0.05, 0) is 31.6 Å². The summed E-state index contributed by atoms with van der Waals surface area (Å²) in [7, 11) is -3.08. The molecule has 2 rings (SSSR count). The van der Waals surface area contributed by atoms with Gasteiger partial charge < -0.3 is 0 Å². The summed E-state index contributed by atoms with van der Waals surface area (Å²) in [5.74, 6) is 0.474. The lowest BCUT2D eigenvalue weighted by Gasteiger charge is -2.19. The van der Waals surface area contributed by atoms with Crippen molar-refractivity contribution in [2.45, 2.75) is 38.9 Å². The highest BCUT2D eigenvalue weighted by Crippen LogP contribution is 2.65. The largest absolute Gasteiger partial charge is 0.299 e. The molecule has 2 aliphatic carbocycles. The lowest BCUT2D eigenvalue weighted by molar-refractivity contribution is -0.121. The SMILES string of the molecule is CC(C)S(=O)(=O)C[C@@H]1C(=O)C[C@@H]2CC21C. The van der Waals surface area contributed by atoms with Crippen molar-refractivity contribution >= 4 is 15.6 Å². The second kappa shape index (κ2) is 3.06. The van der Waals surface area contributed by atoms with Gasteiger partial charge in [-0.2, -0.15) is 0 Å². The van der Waals surface area contributed by atoms with Gasteiger partial charge in [0.05, 0.1) is 11.0 Å². The quantitative estimate of drug-likeness (QED) is 0.737. The zero-order chi connectivity index (χ0) is 11.4. The molecule has 0 aromatic heterocycles. The third-order valence-electron chi connectivity index (χ3n) is 4.21.